The molecule has 1 atom stereocenters. The maximum Gasteiger partial charge on any atom is 0.276 e. The van der Waals surface area contributed by atoms with Gasteiger partial charge in [-0.2, -0.15) is 10.1 Å². The number of benzene rings is 1. The number of morpholine rings is 1. The molecule has 1 aromatic carbocycles. The van der Waals surface area contributed by atoms with Crippen molar-refractivity contribution >= 4 is 0 Å². The summed E-state index contributed by atoms with van der Waals surface area (Å²) in [6, 6.07) is 12.3. The fourth-order valence-corrected chi connectivity index (χ4v) is 2.90. The molecule has 0 spiro atoms. The zero-order valence-electron chi connectivity index (χ0n) is 13.5. The zero-order chi connectivity index (χ0) is 16.4. The molecule has 124 valence electrons. The molecule has 1 fully saturated rings. The number of aryl methyl sites for hydroxylation is 1. The van der Waals surface area contributed by atoms with Crippen LogP contribution in [0, 0.1) is 0 Å². The van der Waals surface area contributed by atoms with Gasteiger partial charge < -0.3 is 9.26 Å². The van der Waals surface area contributed by atoms with E-state index < -0.39 is 0 Å². The average Bonchev–Trinajstić information content (AvgIpc) is 3.25. The van der Waals surface area contributed by atoms with Gasteiger partial charge in [-0.1, -0.05) is 35.5 Å². The highest BCUT2D eigenvalue weighted by molar-refractivity contribution is 5.45. The van der Waals surface area contributed by atoms with Crippen LogP contribution in [0.15, 0.2) is 47.1 Å². The molecule has 1 saturated heterocycles. The van der Waals surface area contributed by atoms with E-state index in [-0.39, 0.29) is 6.10 Å². The standard InChI is InChI=1S/C17H19N5O2/c1-21-14(7-8-18-21)17-19-16(20-24-17)15-12-22(9-10-23-15)11-13-5-3-2-4-6-13/h2-8,15H,9-12H2,1H3. The van der Waals surface area contributed by atoms with E-state index >= 15 is 0 Å². The number of rotatable bonds is 4. The Balaban J connectivity index is 1.46. The Morgan fingerprint density at radius 3 is 2.88 bits per heavy atom. The minimum atomic E-state index is -0.173. The smallest absolute Gasteiger partial charge is 0.276 e. The largest absolute Gasteiger partial charge is 0.367 e. The molecule has 0 radical (unpaired) electrons. The van der Waals surface area contributed by atoms with E-state index in [1.807, 2.05) is 19.2 Å². The van der Waals surface area contributed by atoms with Crippen LogP contribution in [0.25, 0.3) is 11.6 Å². The minimum absolute atomic E-state index is 0.173. The minimum Gasteiger partial charge on any atom is -0.367 e. The predicted octanol–water partition coefficient (Wildman–Crippen LogP) is 2.04. The topological polar surface area (TPSA) is 69.2 Å². The number of aromatic nitrogens is 4. The Morgan fingerprint density at radius 1 is 1.21 bits per heavy atom. The summed E-state index contributed by atoms with van der Waals surface area (Å²) >= 11 is 0. The Morgan fingerprint density at radius 2 is 2.08 bits per heavy atom. The Hall–Kier alpha value is -2.51. The van der Waals surface area contributed by atoms with Gasteiger partial charge in [0.15, 0.2) is 0 Å². The molecule has 0 saturated carbocycles. The first-order chi connectivity index (χ1) is 11.8. The van der Waals surface area contributed by atoms with Gasteiger partial charge in [-0.15, -0.1) is 0 Å². The quantitative estimate of drug-likeness (QED) is 0.731. The van der Waals surface area contributed by atoms with Gasteiger partial charge in [-0.25, -0.2) is 0 Å². The van der Waals surface area contributed by atoms with Crippen LogP contribution in [-0.2, 0) is 18.3 Å². The first-order valence-electron chi connectivity index (χ1n) is 7.99. The predicted molar refractivity (Wildman–Crippen MR) is 86.9 cm³/mol. The lowest BCUT2D eigenvalue weighted by Crippen LogP contribution is -2.38. The lowest BCUT2D eigenvalue weighted by molar-refractivity contribution is -0.0380. The summed E-state index contributed by atoms with van der Waals surface area (Å²) in [6.45, 7) is 3.21. The Bertz CT molecular complexity index is 798. The third-order valence-electron chi connectivity index (χ3n) is 4.17. The van der Waals surface area contributed by atoms with Gasteiger partial charge in [-0.05, 0) is 11.6 Å². The van der Waals surface area contributed by atoms with Gasteiger partial charge in [0, 0.05) is 32.9 Å². The number of hydrogen-bond acceptors (Lipinski definition) is 6. The Labute approximate surface area is 139 Å². The van der Waals surface area contributed by atoms with Crippen molar-refractivity contribution in [2.45, 2.75) is 12.6 Å². The van der Waals surface area contributed by atoms with Crippen LogP contribution < -0.4 is 0 Å². The summed E-state index contributed by atoms with van der Waals surface area (Å²) in [5.41, 5.74) is 2.09. The second-order valence-corrected chi connectivity index (χ2v) is 5.88. The molecule has 0 amide bonds. The highest BCUT2D eigenvalue weighted by Crippen LogP contribution is 2.24. The van der Waals surface area contributed by atoms with E-state index in [0.717, 1.165) is 25.3 Å². The summed E-state index contributed by atoms with van der Waals surface area (Å²) in [6.07, 6.45) is 1.53. The lowest BCUT2D eigenvalue weighted by atomic mass is 10.2. The average molecular weight is 325 g/mol. The molecule has 1 aliphatic rings. The van der Waals surface area contributed by atoms with Crippen molar-refractivity contribution < 1.29 is 9.26 Å². The van der Waals surface area contributed by atoms with Crippen LogP contribution in [0.1, 0.15) is 17.5 Å². The van der Waals surface area contributed by atoms with E-state index in [4.69, 9.17) is 9.26 Å². The second kappa shape index (κ2) is 6.54. The summed E-state index contributed by atoms with van der Waals surface area (Å²) in [5.74, 6) is 1.05. The molecule has 3 aromatic rings. The van der Waals surface area contributed by atoms with E-state index in [2.05, 4.69) is 44.4 Å². The molecule has 2 aromatic heterocycles. The van der Waals surface area contributed by atoms with E-state index in [9.17, 15) is 0 Å². The molecule has 1 unspecified atom stereocenters. The van der Waals surface area contributed by atoms with Crippen LogP contribution >= 0.6 is 0 Å². The van der Waals surface area contributed by atoms with E-state index in [1.165, 1.54) is 5.56 Å². The molecule has 4 rings (SSSR count). The molecule has 1 aliphatic heterocycles. The summed E-state index contributed by atoms with van der Waals surface area (Å²) in [4.78, 5) is 6.84. The second-order valence-electron chi connectivity index (χ2n) is 5.88. The highest BCUT2D eigenvalue weighted by atomic mass is 16.5. The monoisotopic (exact) mass is 325 g/mol. The van der Waals surface area contributed by atoms with Gasteiger partial charge in [-0.3, -0.25) is 9.58 Å². The SMILES string of the molecule is Cn1nccc1-c1nc(C2CN(Cc3ccccc3)CCO2)no1. The fraction of sp³-hybridized carbons (Fsp3) is 0.353. The third-order valence-corrected chi connectivity index (χ3v) is 4.17. The molecular formula is C17H19N5O2. The van der Waals surface area contributed by atoms with Crippen LogP contribution in [-0.4, -0.2) is 44.5 Å². The van der Waals surface area contributed by atoms with Crippen molar-refractivity contribution in [2.75, 3.05) is 19.7 Å². The van der Waals surface area contributed by atoms with Gasteiger partial charge in [0.1, 0.15) is 11.8 Å². The maximum absolute atomic E-state index is 5.84. The number of nitrogens with zero attached hydrogens (tertiary/aromatic N) is 5. The van der Waals surface area contributed by atoms with Crippen molar-refractivity contribution in [1.29, 1.82) is 0 Å². The van der Waals surface area contributed by atoms with Crippen molar-refractivity contribution in [3.05, 3.63) is 54.0 Å². The van der Waals surface area contributed by atoms with Gasteiger partial charge in [0.25, 0.3) is 5.89 Å². The third kappa shape index (κ3) is 3.08. The number of hydrogen-bond donors (Lipinski definition) is 0. The van der Waals surface area contributed by atoms with Crippen LogP contribution in [0.4, 0.5) is 0 Å². The summed E-state index contributed by atoms with van der Waals surface area (Å²) in [7, 11) is 1.85. The maximum atomic E-state index is 5.84. The van der Waals surface area contributed by atoms with Gasteiger partial charge >= 0.3 is 0 Å². The van der Waals surface area contributed by atoms with Gasteiger partial charge in [0.05, 0.1) is 6.61 Å². The van der Waals surface area contributed by atoms with Crippen LogP contribution in [0.5, 0.6) is 0 Å². The molecule has 0 bridgehead atoms. The van der Waals surface area contributed by atoms with Crippen LogP contribution in [0.3, 0.4) is 0 Å². The lowest BCUT2D eigenvalue weighted by Gasteiger charge is -2.31. The fourth-order valence-electron chi connectivity index (χ4n) is 2.90. The molecule has 0 N–H and O–H groups in total. The molecule has 7 nitrogen and oxygen atoms in total. The molecule has 0 aliphatic carbocycles. The Kier molecular flexibility index (Phi) is 4.10. The van der Waals surface area contributed by atoms with Crippen LogP contribution in [0.2, 0.25) is 0 Å². The first kappa shape index (κ1) is 15.0. The molecule has 24 heavy (non-hydrogen) atoms. The molecule has 3 heterocycles. The number of ether oxygens (including phenoxy) is 1. The first-order valence-corrected chi connectivity index (χ1v) is 7.99. The molecular weight excluding hydrogens is 306 g/mol. The van der Waals surface area contributed by atoms with Crippen molar-refractivity contribution in [3.8, 4) is 11.6 Å². The van der Waals surface area contributed by atoms with Crippen molar-refractivity contribution in [1.82, 2.24) is 24.8 Å². The normalized spacial score (nSPS) is 18.8. The highest BCUT2D eigenvalue weighted by Gasteiger charge is 2.27. The van der Waals surface area contributed by atoms with Gasteiger partial charge in [0.2, 0.25) is 5.82 Å². The van der Waals surface area contributed by atoms with E-state index in [0.29, 0.717) is 18.3 Å². The van der Waals surface area contributed by atoms with Crippen molar-refractivity contribution in [3.63, 3.8) is 0 Å². The summed E-state index contributed by atoms with van der Waals surface area (Å²) < 4.78 is 12.9. The van der Waals surface area contributed by atoms with E-state index in [1.54, 1.807) is 10.9 Å². The molecule has 7 heteroatoms. The summed E-state index contributed by atoms with van der Waals surface area (Å²) in [5, 5.41) is 8.22. The van der Waals surface area contributed by atoms with Crippen molar-refractivity contribution in [2.24, 2.45) is 7.05 Å². The zero-order valence-corrected chi connectivity index (χ0v) is 13.5.